The molecule has 2 N–H and O–H groups in total. The van der Waals surface area contributed by atoms with Crippen molar-refractivity contribution in [1.29, 1.82) is 0 Å². The number of pyridine rings is 1. The van der Waals surface area contributed by atoms with Gasteiger partial charge in [-0.15, -0.1) is 0 Å². The lowest BCUT2D eigenvalue weighted by Gasteiger charge is -2.28. The molecule has 0 spiro atoms. The fourth-order valence-electron chi connectivity index (χ4n) is 2.36. The molecule has 0 atom stereocenters. The molecule has 0 radical (unpaired) electrons. The predicted octanol–water partition coefficient (Wildman–Crippen LogP) is 2.25. The van der Waals surface area contributed by atoms with Gasteiger partial charge in [-0.25, -0.2) is 4.98 Å². The average Bonchev–Trinajstić information content (AvgIpc) is 2.47. The van der Waals surface area contributed by atoms with Gasteiger partial charge in [0.25, 0.3) is 0 Å². The molecule has 1 aromatic carbocycles. The van der Waals surface area contributed by atoms with Crippen molar-refractivity contribution in [3.63, 3.8) is 0 Å². The smallest absolute Gasteiger partial charge is 0.129 e. The normalized spacial score (nSPS) is 16.2. The summed E-state index contributed by atoms with van der Waals surface area (Å²) in [6.07, 6.45) is 0. The Morgan fingerprint density at radius 3 is 2.78 bits per heavy atom. The highest BCUT2D eigenvalue weighted by Crippen LogP contribution is 2.24. The Kier molecular flexibility index (Phi) is 3.39. The summed E-state index contributed by atoms with van der Waals surface area (Å²) in [5.41, 5.74) is 8.10. The third-order valence-electron chi connectivity index (χ3n) is 3.34. The van der Waals surface area contributed by atoms with E-state index in [9.17, 15) is 0 Å². The molecule has 1 aliphatic rings. The van der Waals surface area contributed by atoms with Gasteiger partial charge in [0.1, 0.15) is 5.82 Å². The topological polar surface area (TPSA) is 42.1 Å². The molecular formula is C14H17N3S. The fourth-order valence-corrected chi connectivity index (χ4v) is 3.26. The zero-order chi connectivity index (χ0) is 12.4. The fraction of sp³-hybridized carbons (Fsp3) is 0.357. The van der Waals surface area contributed by atoms with Gasteiger partial charge in [0.05, 0.1) is 5.52 Å². The van der Waals surface area contributed by atoms with Crippen molar-refractivity contribution in [3.05, 3.63) is 35.9 Å². The summed E-state index contributed by atoms with van der Waals surface area (Å²) in [5.74, 6) is 3.45. The molecule has 0 unspecified atom stereocenters. The second-order valence-corrected chi connectivity index (χ2v) is 5.69. The summed E-state index contributed by atoms with van der Waals surface area (Å²) in [6, 6.07) is 10.4. The zero-order valence-electron chi connectivity index (χ0n) is 10.3. The highest BCUT2D eigenvalue weighted by molar-refractivity contribution is 7.99. The molecule has 2 heterocycles. The molecule has 18 heavy (non-hydrogen) atoms. The van der Waals surface area contributed by atoms with Gasteiger partial charge in [-0.3, -0.25) is 0 Å². The first kappa shape index (κ1) is 11.8. The number of nitrogens with two attached hydrogens (primary N) is 1. The summed E-state index contributed by atoms with van der Waals surface area (Å²) in [4.78, 5) is 7.13. The molecule has 0 aliphatic carbocycles. The van der Waals surface area contributed by atoms with Crippen LogP contribution in [0.5, 0.6) is 0 Å². The third-order valence-corrected chi connectivity index (χ3v) is 4.29. The Hall–Kier alpha value is -1.26. The van der Waals surface area contributed by atoms with Crippen molar-refractivity contribution in [2.75, 3.05) is 29.5 Å². The van der Waals surface area contributed by atoms with E-state index in [0.29, 0.717) is 6.54 Å². The molecule has 1 aromatic heterocycles. The first-order chi connectivity index (χ1) is 8.88. The Balaban J connectivity index is 2.07. The molecule has 2 aromatic rings. The highest BCUT2D eigenvalue weighted by Gasteiger charge is 2.14. The first-order valence-corrected chi connectivity index (χ1v) is 7.45. The molecule has 4 heteroatoms. The van der Waals surface area contributed by atoms with Gasteiger partial charge in [0.15, 0.2) is 0 Å². The highest BCUT2D eigenvalue weighted by atomic mass is 32.2. The van der Waals surface area contributed by atoms with Crippen LogP contribution in [-0.4, -0.2) is 29.6 Å². The zero-order valence-corrected chi connectivity index (χ0v) is 11.1. The molecule has 3 rings (SSSR count). The molecule has 0 amide bonds. The minimum absolute atomic E-state index is 0.568. The summed E-state index contributed by atoms with van der Waals surface area (Å²) in [7, 11) is 0. The average molecular weight is 259 g/mol. The lowest BCUT2D eigenvalue weighted by atomic mass is 10.1. The van der Waals surface area contributed by atoms with Crippen LogP contribution in [0.2, 0.25) is 0 Å². The monoisotopic (exact) mass is 259 g/mol. The lowest BCUT2D eigenvalue weighted by molar-refractivity contribution is 0.840. The van der Waals surface area contributed by atoms with Crippen molar-refractivity contribution in [2.45, 2.75) is 6.54 Å². The Morgan fingerprint density at radius 1 is 1.22 bits per heavy atom. The van der Waals surface area contributed by atoms with Gasteiger partial charge in [0, 0.05) is 36.5 Å². The molecule has 0 bridgehead atoms. The van der Waals surface area contributed by atoms with Crippen LogP contribution >= 0.6 is 11.8 Å². The van der Waals surface area contributed by atoms with Gasteiger partial charge in [0.2, 0.25) is 0 Å². The summed E-state index contributed by atoms with van der Waals surface area (Å²) in [6.45, 7) is 2.73. The maximum Gasteiger partial charge on any atom is 0.129 e. The quantitative estimate of drug-likeness (QED) is 0.898. The number of hydrogen-bond donors (Lipinski definition) is 1. The maximum absolute atomic E-state index is 5.86. The molecule has 0 saturated carbocycles. The number of fused-ring (bicyclic) bond motifs is 1. The van der Waals surface area contributed by atoms with Crippen LogP contribution in [0.1, 0.15) is 5.56 Å². The van der Waals surface area contributed by atoms with Gasteiger partial charge >= 0.3 is 0 Å². The van der Waals surface area contributed by atoms with Crippen LogP contribution in [0.3, 0.4) is 0 Å². The number of para-hydroxylation sites is 1. The molecular weight excluding hydrogens is 242 g/mol. The van der Waals surface area contributed by atoms with E-state index < -0.39 is 0 Å². The maximum atomic E-state index is 5.86. The van der Waals surface area contributed by atoms with E-state index in [-0.39, 0.29) is 0 Å². The Bertz CT molecular complexity index is 550. The van der Waals surface area contributed by atoms with Crippen molar-refractivity contribution in [3.8, 4) is 0 Å². The van der Waals surface area contributed by atoms with Crippen molar-refractivity contribution in [1.82, 2.24) is 4.98 Å². The van der Waals surface area contributed by atoms with E-state index in [1.807, 2.05) is 23.9 Å². The van der Waals surface area contributed by atoms with E-state index in [1.165, 1.54) is 22.5 Å². The SMILES string of the molecule is NCc1cc(N2CCSCC2)nc2ccccc12. The predicted molar refractivity (Wildman–Crippen MR) is 79.2 cm³/mol. The van der Waals surface area contributed by atoms with E-state index in [0.717, 1.165) is 24.4 Å². The molecule has 94 valence electrons. The number of rotatable bonds is 2. The summed E-state index contributed by atoms with van der Waals surface area (Å²) in [5, 5.41) is 1.18. The number of hydrogen-bond acceptors (Lipinski definition) is 4. The van der Waals surface area contributed by atoms with E-state index >= 15 is 0 Å². The van der Waals surface area contributed by atoms with E-state index in [1.54, 1.807) is 0 Å². The van der Waals surface area contributed by atoms with E-state index in [2.05, 4.69) is 23.1 Å². The van der Waals surface area contributed by atoms with Gasteiger partial charge < -0.3 is 10.6 Å². The Labute approximate surface area is 111 Å². The van der Waals surface area contributed by atoms with Crippen LogP contribution in [-0.2, 0) is 6.54 Å². The number of benzene rings is 1. The number of nitrogens with zero attached hydrogens (tertiary/aromatic N) is 2. The largest absolute Gasteiger partial charge is 0.355 e. The first-order valence-electron chi connectivity index (χ1n) is 6.30. The van der Waals surface area contributed by atoms with Crippen LogP contribution in [0.4, 0.5) is 5.82 Å². The van der Waals surface area contributed by atoms with Crippen LogP contribution in [0.15, 0.2) is 30.3 Å². The van der Waals surface area contributed by atoms with Crippen molar-refractivity contribution >= 4 is 28.5 Å². The van der Waals surface area contributed by atoms with Crippen molar-refractivity contribution in [2.24, 2.45) is 5.73 Å². The number of aromatic nitrogens is 1. The third kappa shape index (κ3) is 2.18. The number of anilines is 1. The van der Waals surface area contributed by atoms with Gasteiger partial charge in [-0.05, 0) is 17.7 Å². The van der Waals surface area contributed by atoms with Gasteiger partial charge in [-0.2, -0.15) is 11.8 Å². The van der Waals surface area contributed by atoms with Crippen LogP contribution < -0.4 is 10.6 Å². The lowest BCUT2D eigenvalue weighted by Crippen LogP contribution is -2.33. The van der Waals surface area contributed by atoms with E-state index in [4.69, 9.17) is 10.7 Å². The molecule has 1 fully saturated rings. The van der Waals surface area contributed by atoms with Gasteiger partial charge in [-0.1, -0.05) is 18.2 Å². The molecule has 3 nitrogen and oxygen atoms in total. The van der Waals surface area contributed by atoms with Crippen molar-refractivity contribution < 1.29 is 0 Å². The summed E-state index contributed by atoms with van der Waals surface area (Å²) < 4.78 is 0. The molecule has 1 aliphatic heterocycles. The van der Waals surface area contributed by atoms with Crippen LogP contribution in [0, 0.1) is 0 Å². The number of thioether (sulfide) groups is 1. The standard InChI is InChI=1S/C14H17N3S/c15-10-11-9-14(17-5-7-18-8-6-17)16-13-4-2-1-3-12(11)13/h1-4,9H,5-8,10,15H2. The van der Waals surface area contributed by atoms with Crippen LogP contribution in [0.25, 0.3) is 10.9 Å². The second kappa shape index (κ2) is 5.16. The minimum atomic E-state index is 0.568. The summed E-state index contributed by atoms with van der Waals surface area (Å²) >= 11 is 2.01. The minimum Gasteiger partial charge on any atom is -0.355 e. The molecule has 1 saturated heterocycles. The second-order valence-electron chi connectivity index (χ2n) is 4.46. The Morgan fingerprint density at radius 2 is 2.00 bits per heavy atom.